The lowest BCUT2D eigenvalue weighted by Gasteiger charge is -2.48. The average molecular weight is 530 g/mol. The van der Waals surface area contributed by atoms with Crippen LogP contribution in [0.2, 0.25) is 0 Å². The van der Waals surface area contributed by atoms with Crippen molar-refractivity contribution in [2.45, 2.75) is 56.3 Å². The molecule has 1 aliphatic carbocycles. The molecule has 1 unspecified atom stereocenters. The number of nitrogens with two attached hydrogens (primary N) is 1. The Morgan fingerprint density at radius 1 is 0.949 bits per heavy atom. The number of hydroxylamine groups is 1. The van der Waals surface area contributed by atoms with E-state index in [9.17, 15) is 9.59 Å². The van der Waals surface area contributed by atoms with Crippen LogP contribution in [-0.2, 0) is 16.2 Å². The number of carbonyl (C=O) groups is 2. The van der Waals surface area contributed by atoms with E-state index in [0.29, 0.717) is 28.2 Å². The van der Waals surface area contributed by atoms with Crippen LogP contribution in [0.5, 0.6) is 11.5 Å². The molecule has 1 saturated carbocycles. The number of nitrogens with one attached hydrogen (secondary N) is 1. The number of nitrogens with zero attached hydrogens (tertiary/aromatic N) is 1. The van der Waals surface area contributed by atoms with Crippen molar-refractivity contribution in [3.8, 4) is 11.5 Å². The minimum atomic E-state index is -0.758. The average Bonchev–Trinajstić information content (AvgIpc) is 2.97. The summed E-state index contributed by atoms with van der Waals surface area (Å²) in [5.41, 5.74) is 12.1. The van der Waals surface area contributed by atoms with Crippen molar-refractivity contribution in [3.05, 3.63) is 95.1 Å². The van der Waals surface area contributed by atoms with Gasteiger partial charge in [0.25, 0.3) is 11.8 Å². The van der Waals surface area contributed by atoms with E-state index in [4.69, 9.17) is 20.0 Å². The second kappa shape index (κ2) is 11.9. The zero-order valence-electron chi connectivity index (χ0n) is 22.3. The van der Waals surface area contributed by atoms with Crippen LogP contribution >= 0.6 is 0 Å². The highest BCUT2D eigenvalue weighted by atomic mass is 16.6. The van der Waals surface area contributed by atoms with Crippen molar-refractivity contribution in [3.63, 3.8) is 0 Å². The van der Waals surface area contributed by atoms with Gasteiger partial charge in [-0.2, -0.15) is 0 Å². The second-order valence-electron chi connectivity index (χ2n) is 10.1. The summed E-state index contributed by atoms with van der Waals surface area (Å²) in [6.07, 6.45) is 3.57. The molecule has 39 heavy (non-hydrogen) atoms. The topological polar surface area (TPSA) is 103 Å². The lowest BCUT2D eigenvalue weighted by Crippen LogP contribution is -2.57. The van der Waals surface area contributed by atoms with Crippen molar-refractivity contribution in [1.29, 1.82) is 0 Å². The van der Waals surface area contributed by atoms with Crippen LogP contribution in [0.1, 0.15) is 64.7 Å². The second-order valence-corrected chi connectivity index (χ2v) is 10.1. The molecule has 3 aromatic carbocycles. The molecule has 4 atom stereocenters. The monoisotopic (exact) mass is 529 g/mol. The highest BCUT2D eigenvalue weighted by Crippen LogP contribution is 2.48. The Hall–Kier alpha value is -3.88. The Kier molecular flexibility index (Phi) is 8.14. The smallest absolute Gasteiger partial charge is 0.255 e. The SMILES string of the molecule is COc1ccc([C@H]2[C@H](C(=O)NOCc3ccccc3)c3ccccc3C(=O)N2C2CCCC[C@H]2N)c(OC)c1. The molecule has 0 bridgehead atoms. The molecular formula is C31H35N3O5. The molecule has 3 N–H and O–H groups in total. The van der Waals surface area contributed by atoms with Gasteiger partial charge in [0.2, 0.25) is 0 Å². The summed E-state index contributed by atoms with van der Waals surface area (Å²) >= 11 is 0. The largest absolute Gasteiger partial charge is 0.497 e. The van der Waals surface area contributed by atoms with E-state index in [1.165, 1.54) is 0 Å². The summed E-state index contributed by atoms with van der Waals surface area (Å²) in [6, 6.07) is 21.3. The van der Waals surface area contributed by atoms with Crippen molar-refractivity contribution in [2.75, 3.05) is 14.2 Å². The molecule has 1 aliphatic heterocycles. The first-order chi connectivity index (χ1) is 19.0. The third kappa shape index (κ3) is 5.35. The van der Waals surface area contributed by atoms with Gasteiger partial charge in [0, 0.05) is 29.3 Å². The van der Waals surface area contributed by atoms with Gasteiger partial charge in [-0.3, -0.25) is 14.4 Å². The van der Waals surface area contributed by atoms with Crippen LogP contribution in [0.4, 0.5) is 0 Å². The van der Waals surface area contributed by atoms with Gasteiger partial charge in [-0.05, 0) is 42.2 Å². The van der Waals surface area contributed by atoms with Crippen LogP contribution in [0.15, 0.2) is 72.8 Å². The van der Waals surface area contributed by atoms with Crippen molar-refractivity contribution < 1.29 is 23.9 Å². The summed E-state index contributed by atoms with van der Waals surface area (Å²) in [5.74, 6) is -0.0885. The molecular weight excluding hydrogens is 494 g/mol. The number of methoxy groups -OCH3 is 2. The van der Waals surface area contributed by atoms with E-state index in [1.54, 1.807) is 26.4 Å². The number of carbonyl (C=O) groups excluding carboxylic acids is 2. The highest BCUT2D eigenvalue weighted by Gasteiger charge is 2.49. The first-order valence-corrected chi connectivity index (χ1v) is 13.4. The Morgan fingerprint density at radius 3 is 2.44 bits per heavy atom. The third-order valence-electron chi connectivity index (χ3n) is 7.81. The molecule has 5 rings (SSSR count). The van der Waals surface area contributed by atoms with Crippen LogP contribution < -0.4 is 20.7 Å². The fourth-order valence-electron chi connectivity index (χ4n) is 5.91. The quantitative estimate of drug-likeness (QED) is 0.417. The maximum absolute atomic E-state index is 14.2. The van der Waals surface area contributed by atoms with Gasteiger partial charge in [-0.15, -0.1) is 0 Å². The van der Waals surface area contributed by atoms with Crippen molar-refractivity contribution in [1.82, 2.24) is 10.4 Å². The number of rotatable bonds is 8. The lowest BCUT2D eigenvalue weighted by atomic mass is 9.76. The van der Waals surface area contributed by atoms with Gasteiger partial charge in [0.05, 0.1) is 32.8 Å². The van der Waals surface area contributed by atoms with Crippen molar-refractivity contribution in [2.24, 2.45) is 5.73 Å². The Balaban J connectivity index is 1.60. The fourth-order valence-corrected chi connectivity index (χ4v) is 5.91. The minimum Gasteiger partial charge on any atom is -0.497 e. The maximum atomic E-state index is 14.2. The first kappa shape index (κ1) is 26.7. The summed E-state index contributed by atoms with van der Waals surface area (Å²) in [6.45, 7) is 0.216. The number of fused-ring (bicyclic) bond motifs is 1. The van der Waals surface area contributed by atoms with Gasteiger partial charge in [0.1, 0.15) is 11.5 Å². The first-order valence-electron chi connectivity index (χ1n) is 13.4. The standard InChI is InChI=1S/C31H35N3O5/c1-37-21-16-17-24(27(18-21)38-2)29-28(30(35)33-39-19-20-10-4-3-5-11-20)22-12-6-7-13-23(22)31(36)34(29)26-15-9-8-14-25(26)32/h3-7,10-13,16-18,25-26,28-29H,8-9,14-15,19,32H2,1-2H3,(H,33,35)/t25-,26?,28-,29+/m1/s1. The highest BCUT2D eigenvalue weighted by molar-refractivity contribution is 6.01. The van der Waals surface area contributed by atoms with E-state index in [2.05, 4.69) is 5.48 Å². The predicted molar refractivity (Wildman–Crippen MR) is 147 cm³/mol. The Morgan fingerprint density at radius 2 is 1.69 bits per heavy atom. The zero-order valence-corrected chi connectivity index (χ0v) is 22.3. The maximum Gasteiger partial charge on any atom is 0.255 e. The Bertz CT molecular complexity index is 1310. The molecule has 1 heterocycles. The summed E-state index contributed by atoms with van der Waals surface area (Å²) in [7, 11) is 3.16. The molecule has 0 radical (unpaired) electrons. The molecule has 0 saturated heterocycles. The van der Waals surface area contributed by atoms with Gasteiger partial charge in [-0.25, -0.2) is 5.48 Å². The summed E-state index contributed by atoms with van der Waals surface area (Å²) < 4.78 is 11.2. The number of amides is 2. The molecule has 3 aromatic rings. The molecule has 2 amide bonds. The van der Waals surface area contributed by atoms with Gasteiger partial charge in [-0.1, -0.05) is 61.4 Å². The summed E-state index contributed by atoms with van der Waals surface area (Å²) in [5, 5.41) is 0. The minimum absolute atomic E-state index is 0.134. The van der Waals surface area contributed by atoms with Crippen LogP contribution in [0.3, 0.4) is 0 Å². The molecule has 2 aliphatic rings. The number of hydrogen-bond acceptors (Lipinski definition) is 6. The van der Waals surface area contributed by atoms with Gasteiger partial charge >= 0.3 is 0 Å². The van der Waals surface area contributed by atoms with Crippen LogP contribution in [-0.4, -0.2) is 43.0 Å². The third-order valence-corrected chi connectivity index (χ3v) is 7.81. The van der Waals surface area contributed by atoms with E-state index < -0.39 is 12.0 Å². The van der Waals surface area contributed by atoms with Crippen LogP contribution in [0.25, 0.3) is 0 Å². The molecule has 8 nitrogen and oxygen atoms in total. The van der Waals surface area contributed by atoms with Gasteiger partial charge < -0.3 is 20.1 Å². The van der Waals surface area contributed by atoms with E-state index in [1.807, 2.05) is 65.6 Å². The van der Waals surface area contributed by atoms with E-state index in [-0.39, 0.29) is 30.5 Å². The number of hydrogen-bond donors (Lipinski definition) is 2. The molecule has 1 fully saturated rings. The molecule has 0 spiro atoms. The molecule has 8 heteroatoms. The zero-order chi connectivity index (χ0) is 27.4. The number of ether oxygens (including phenoxy) is 2. The van der Waals surface area contributed by atoms with Crippen molar-refractivity contribution >= 4 is 11.8 Å². The van der Waals surface area contributed by atoms with Gasteiger partial charge in [0.15, 0.2) is 0 Å². The van der Waals surface area contributed by atoms with E-state index in [0.717, 1.165) is 31.2 Å². The van der Waals surface area contributed by atoms with E-state index >= 15 is 0 Å². The summed E-state index contributed by atoms with van der Waals surface area (Å²) in [4.78, 5) is 35.7. The molecule has 204 valence electrons. The van der Waals surface area contributed by atoms with Crippen LogP contribution in [0, 0.1) is 0 Å². The normalized spacial score (nSPS) is 22.6. The lowest BCUT2D eigenvalue weighted by molar-refractivity contribution is -0.138. The predicted octanol–water partition coefficient (Wildman–Crippen LogP) is 4.50. The number of benzene rings is 3. The molecule has 0 aromatic heterocycles. The fraction of sp³-hybridized carbons (Fsp3) is 0.355. The Labute approximate surface area is 229 Å².